The van der Waals surface area contributed by atoms with Crippen molar-refractivity contribution in [2.75, 3.05) is 14.2 Å². The normalized spacial score (nSPS) is 22.4. The number of thioether (sulfide) groups is 1. The fourth-order valence-corrected chi connectivity index (χ4v) is 2.90. The molecule has 2 rings (SSSR count). The van der Waals surface area contributed by atoms with Gasteiger partial charge in [0.1, 0.15) is 11.5 Å². The van der Waals surface area contributed by atoms with Crippen molar-refractivity contribution in [2.45, 2.75) is 23.7 Å². The van der Waals surface area contributed by atoms with Crippen molar-refractivity contribution >= 4 is 11.8 Å². The minimum absolute atomic E-state index is 0. The summed E-state index contributed by atoms with van der Waals surface area (Å²) in [6.45, 7) is 4.07. The molecule has 1 aromatic carbocycles. The maximum Gasteiger partial charge on any atom is 1.00 e. The van der Waals surface area contributed by atoms with Gasteiger partial charge in [0.05, 0.1) is 19.7 Å². The summed E-state index contributed by atoms with van der Waals surface area (Å²) in [7, 11) is 3.32. The molecule has 1 saturated heterocycles. The summed E-state index contributed by atoms with van der Waals surface area (Å²) in [5, 5.41) is 0. The summed E-state index contributed by atoms with van der Waals surface area (Å²) in [6.07, 6.45) is 1.05. The van der Waals surface area contributed by atoms with Gasteiger partial charge < -0.3 is 14.2 Å². The molecule has 18 heavy (non-hydrogen) atoms. The molecule has 1 fully saturated rings. The number of benzene rings is 1. The molecule has 0 bridgehead atoms. The van der Waals surface area contributed by atoms with Crippen molar-refractivity contribution in [1.29, 1.82) is 0 Å². The maximum absolute atomic E-state index is 5.57. The Labute approximate surface area is 172 Å². The summed E-state index contributed by atoms with van der Waals surface area (Å²) in [5.74, 6) is 2.14. The average molecular weight is 386 g/mol. The Bertz CT molecular complexity index is 364. The largest absolute Gasteiger partial charge is 1.00 e. The SMILES string of the molecule is COc1cc(OC)cc(SC2C[C@@H](C)[CH-]O2)c1.[Cs+]. The van der Waals surface area contributed by atoms with Gasteiger partial charge in [0.15, 0.2) is 0 Å². The number of rotatable bonds is 4. The third-order valence-electron chi connectivity index (χ3n) is 2.62. The van der Waals surface area contributed by atoms with Crippen molar-refractivity contribution in [2.24, 2.45) is 5.92 Å². The molecule has 94 valence electrons. The van der Waals surface area contributed by atoms with Crippen LogP contribution in [0.1, 0.15) is 13.3 Å². The first-order valence-corrected chi connectivity index (χ1v) is 6.47. The molecular weight excluding hydrogens is 369 g/mol. The van der Waals surface area contributed by atoms with Crippen molar-refractivity contribution < 1.29 is 83.1 Å². The fourth-order valence-electron chi connectivity index (χ4n) is 1.71. The Morgan fingerprint density at radius 2 is 1.83 bits per heavy atom. The van der Waals surface area contributed by atoms with Crippen LogP contribution in [0.5, 0.6) is 11.5 Å². The van der Waals surface area contributed by atoms with E-state index in [1.54, 1.807) is 26.0 Å². The zero-order valence-electron chi connectivity index (χ0n) is 11.3. The molecule has 0 N–H and O–H groups in total. The van der Waals surface area contributed by atoms with Gasteiger partial charge in [0.25, 0.3) is 0 Å². The fraction of sp³-hybridized carbons (Fsp3) is 0.462. The van der Waals surface area contributed by atoms with Gasteiger partial charge in [-0.3, -0.25) is 0 Å². The molecule has 5 heteroatoms. The zero-order chi connectivity index (χ0) is 12.3. The first kappa shape index (κ1) is 17.2. The monoisotopic (exact) mass is 386 g/mol. The van der Waals surface area contributed by atoms with Crippen LogP contribution < -0.4 is 78.4 Å². The minimum Gasteiger partial charge on any atom is -0.542 e. The van der Waals surface area contributed by atoms with Crippen LogP contribution >= 0.6 is 11.8 Å². The molecule has 0 saturated carbocycles. The van der Waals surface area contributed by atoms with Crippen LogP contribution in [0.2, 0.25) is 0 Å². The Kier molecular flexibility index (Phi) is 8.10. The number of hydrogen-bond acceptors (Lipinski definition) is 4. The Balaban J connectivity index is 0.00000162. The average Bonchev–Trinajstić information content (AvgIpc) is 2.74. The molecule has 0 radical (unpaired) electrons. The molecular formula is C13H17CsO3S. The van der Waals surface area contributed by atoms with Gasteiger partial charge >= 0.3 is 68.9 Å². The second-order valence-electron chi connectivity index (χ2n) is 4.08. The van der Waals surface area contributed by atoms with Gasteiger partial charge in [-0.15, -0.1) is 5.92 Å². The Hall–Kier alpha value is 1.18. The van der Waals surface area contributed by atoms with Gasteiger partial charge in [0.2, 0.25) is 0 Å². The van der Waals surface area contributed by atoms with Crippen molar-refractivity contribution in [3.05, 3.63) is 24.8 Å². The van der Waals surface area contributed by atoms with Gasteiger partial charge in [-0.25, -0.2) is 6.61 Å². The quantitative estimate of drug-likeness (QED) is 0.698. The molecule has 1 heterocycles. The van der Waals surface area contributed by atoms with Crippen molar-refractivity contribution in [3.8, 4) is 11.5 Å². The first-order valence-electron chi connectivity index (χ1n) is 5.60. The number of ether oxygens (including phenoxy) is 3. The van der Waals surface area contributed by atoms with Crippen LogP contribution in [-0.2, 0) is 4.74 Å². The number of methoxy groups -OCH3 is 2. The zero-order valence-corrected chi connectivity index (χ0v) is 18.4. The van der Waals surface area contributed by atoms with Crippen LogP contribution in [0, 0.1) is 12.5 Å². The van der Waals surface area contributed by atoms with E-state index in [9.17, 15) is 0 Å². The summed E-state index contributed by atoms with van der Waals surface area (Å²) in [5.41, 5.74) is 0.196. The molecule has 3 nitrogen and oxygen atoms in total. The molecule has 2 atom stereocenters. The van der Waals surface area contributed by atoms with E-state index in [1.807, 2.05) is 24.8 Å². The van der Waals surface area contributed by atoms with Crippen LogP contribution in [0.25, 0.3) is 0 Å². The van der Waals surface area contributed by atoms with Crippen LogP contribution in [0.4, 0.5) is 0 Å². The molecule has 1 aliphatic rings. The second kappa shape index (κ2) is 8.46. The molecule has 0 aromatic heterocycles. The predicted octanol–water partition coefficient (Wildman–Crippen LogP) is 0.344. The smallest absolute Gasteiger partial charge is 0.542 e. The summed E-state index contributed by atoms with van der Waals surface area (Å²) in [4.78, 5) is 1.11. The van der Waals surface area contributed by atoms with Gasteiger partial charge in [0, 0.05) is 11.0 Å². The Morgan fingerprint density at radius 1 is 1.22 bits per heavy atom. The summed E-state index contributed by atoms with van der Waals surface area (Å²) < 4.78 is 16.1. The molecule has 1 unspecified atom stereocenters. The minimum atomic E-state index is 0. The maximum atomic E-state index is 5.57. The van der Waals surface area contributed by atoms with Crippen molar-refractivity contribution in [3.63, 3.8) is 0 Å². The third-order valence-corrected chi connectivity index (χ3v) is 3.69. The van der Waals surface area contributed by atoms with Gasteiger partial charge in [-0.1, -0.05) is 18.7 Å². The van der Waals surface area contributed by atoms with E-state index in [2.05, 4.69) is 6.92 Å². The third kappa shape index (κ3) is 4.94. The topological polar surface area (TPSA) is 27.7 Å². The molecule has 1 aliphatic heterocycles. The van der Waals surface area contributed by atoms with E-state index < -0.39 is 0 Å². The van der Waals surface area contributed by atoms with Crippen molar-refractivity contribution in [1.82, 2.24) is 0 Å². The van der Waals surface area contributed by atoms with E-state index in [0.29, 0.717) is 5.92 Å². The van der Waals surface area contributed by atoms with E-state index in [-0.39, 0.29) is 74.3 Å². The summed E-state index contributed by atoms with van der Waals surface area (Å²) >= 11 is 1.70. The van der Waals surface area contributed by atoms with E-state index >= 15 is 0 Å². The molecule has 0 aliphatic carbocycles. The van der Waals surface area contributed by atoms with Crippen LogP contribution in [0.15, 0.2) is 23.1 Å². The second-order valence-corrected chi connectivity index (χ2v) is 5.31. The van der Waals surface area contributed by atoms with Gasteiger partial charge in [-0.2, -0.15) is 0 Å². The molecule has 0 amide bonds. The first-order chi connectivity index (χ1) is 8.21. The molecule has 0 spiro atoms. The van der Waals surface area contributed by atoms with Crippen LogP contribution in [-0.4, -0.2) is 19.7 Å². The Morgan fingerprint density at radius 3 is 2.28 bits per heavy atom. The standard InChI is InChI=1S/C13H17O3S.Cs/c1-9-4-13(16-8-9)17-12-6-10(14-2)5-11(7-12)15-3;/h5-9,13H,4H2,1-3H3;/q-1;+1/t9-,13?;/m1./s1. The van der Waals surface area contributed by atoms with E-state index in [4.69, 9.17) is 14.2 Å². The number of hydrogen-bond donors (Lipinski definition) is 0. The van der Waals surface area contributed by atoms with E-state index in [1.165, 1.54) is 0 Å². The predicted molar refractivity (Wildman–Crippen MR) is 68.4 cm³/mol. The van der Waals surface area contributed by atoms with Gasteiger partial charge in [-0.05, 0) is 18.6 Å². The van der Waals surface area contributed by atoms with E-state index in [0.717, 1.165) is 22.8 Å². The summed E-state index contributed by atoms with van der Waals surface area (Å²) in [6, 6.07) is 5.87. The molecule has 1 aromatic rings. The van der Waals surface area contributed by atoms with Crippen LogP contribution in [0.3, 0.4) is 0 Å².